The van der Waals surface area contributed by atoms with Crippen LogP contribution >= 0.6 is 0 Å². The molecule has 1 nitrogen and oxygen atoms in total. The van der Waals surface area contributed by atoms with Crippen molar-refractivity contribution >= 4 is 0 Å². The van der Waals surface area contributed by atoms with Gasteiger partial charge in [0.2, 0.25) is 0 Å². The number of hydrogen-bond acceptors (Lipinski definition) is 1. The van der Waals surface area contributed by atoms with Gasteiger partial charge in [-0.15, -0.1) is 0 Å². The minimum atomic E-state index is 0.258. The maximum atomic E-state index is 2.41. The molecule has 1 atom stereocenters. The molecule has 3 rings (SSSR count). The van der Waals surface area contributed by atoms with Gasteiger partial charge in [0.25, 0.3) is 0 Å². The Balaban J connectivity index is 2.05. The number of benzene rings is 2. The zero-order valence-corrected chi connectivity index (χ0v) is 11.7. The van der Waals surface area contributed by atoms with Crippen molar-refractivity contribution in [1.82, 2.24) is 4.90 Å². The predicted octanol–water partition coefficient (Wildman–Crippen LogP) is 4.55. The van der Waals surface area contributed by atoms with Crippen LogP contribution in [0.2, 0.25) is 0 Å². The summed E-state index contributed by atoms with van der Waals surface area (Å²) in [6.45, 7) is 2.24. The van der Waals surface area contributed by atoms with Crippen LogP contribution in [0.4, 0.5) is 0 Å². The molecule has 2 aromatic carbocycles. The van der Waals surface area contributed by atoms with Crippen LogP contribution in [0.3, 0.4) is 0 Å². The molecule has 1 heterocycles. The van der Waals surface area contributed by atoms with Gasteiger partial charge in [0.15, 0.2) is 0 Å². The minimum absolute atomic E-state index is 0.258. The molecule has 0 aromatic heterocycles. The van der Waals surface area contributed by atoms with E-state index in [1.165, 1.54) is 11.1 Å². The van der Waals surface area contributed by atoms with E-state index in [2.05, 4.69) is 96.9 Å². The third-order valence-electron chi connectivity index (χ3n) is 3.76. The molecule has 0 spiro atoms. The second-order valence-electron chi connectivity index (χ2n) is 5.14. The largest absolute Gasteiger partial charge is 0.360 e. The predicted molar refractivity (Wildman–Crippen MR) is 84.3 cm³/mol. The lowest BCUT2D eigenvalue weighted by molar-refractivity contribution is 0.278. The molecular formula is C19H19N. The fraction of sp³-hybridized carbons (Fsp3) is 0.158. The van der Waals surface area contributed by atoms with E-state index in [0.29, 0.717) is 6.04 Å². The SMILES string of the molecule is CC1C=CC=CN1C(c1ccccc1)c1ccccc1. The first-order valence-corrected chi connectivity index (χ1v) is 7.08. The summed E-state index contributed by atoms with van der Waals surface area (Å²) in [5, 5.41) is 0. The average Bonchev–Trinajstić information content (AvgIpc) is 2.52. The highest BCUT2D eigenvalue weighted by molar-refractivity contribution is 5.34. The topological polar surface area (TPSA) is 3.24 Å². The summed E-state index contributed by atoms with van der Waals surface area (Å²) in [5.41, 5.74) is 2.65. The molecule has 1 aliphatic rings. The van der Waals surface area contributed by atoms with Crippen LogP contribution in [0.15, 0.2) is 85.1 Å². The summed E-state index contributed by atoms with van der Waals surface area (Å²) in [7, 11) is 0. The molecule has 0 amide bonds. The molecule has 0 N–H and O–H groups in total. The number of rotatable bonds is 3. The fourth-order valence-electron chi connectivity index (χ4n) is 2.74. The van der Waals surface area contributed by atoms with E-state index in [4.69, 9.17) is 0 Å². The van der Waals surface area contributed by atoms with E-state index < -0.39 is 0 Å². The molecule has 0 saturated heterocycles. The van der Waals surface area contributed by atoms with E-state index in [-0.39, 0.29) is 6.04 Å². The number of hydrogen-bond donors (Lipinski definition) is 0. The van der Waals surface area contributed by atoms with E-state index in [1.54, 1.807) is 0 Å². The maximum Gasteiger partial charge on any atom is 0.0796 e. The molecule has 100 valence electrons. The number of nitrogens with zero attached hydrogens (tertiary/aromatic N) is 1. The summed E-state index contributed by atoms with van der Waals surface area (Å²) in [5.74, 6) is 0. The van der Waals surface area contributed by atoms with Gasteiger partial charge in [0.1, 0.15) is 0 Å². The molecule has 0 fully saturated rings. The first kappa shape index (κ1) is 12.7. The average molecular weight is 261 g/mol. The third-order valence-corrected chi connectivity index (χ3v) is 3.76. The van der Waals surface area contributed by atoms with Gasteiger partial charge in [-0.05, 0) is 24.1 Å². The number of allylic oxidation sites excluding steroid dienone is 2. The Kier molecular flexibility index (Phi) is 3.69. The smallest absolute Gasteiger partial charge is 0.0796 e. The first-order valence-electron chi connectivity index (χ1n) is 7.08. The molecule has 0 bridgehead atoms. The highest BCUT2D eigenvalue weighted by Crippen LogP contribution is 2.31. The quantitative estimate of drug-likeness (QED) is 0.783. The highest BCUT2D eigenvalue weighted by atomic mass is 15.2. The van der Waals surface area contributed by atoms with Crippen LogP contribution in [-0.4, -0.2) is 10.9 Å². The second kappa shape index (κ2) is 5.79. The van der Waals surface area contributed by atoms with E-state index >= 15 is 0 Å². The van der Waals surface area contributed by atoms with Crippen LogP contribution in [-0.2, 0) is 0 Å². The van der Waals surface area contributed by atoms with Gasteiger partial charge in [-0.3, -0.25) is 0 Å². The van der Waals surface area contributed by atoms with Gasteiger partial charge >= 0.3 is 0 Å². The van der Waals surface area contributed by atoms with Gasteiger partial charge in [-0.25, -0.2) is 0 Å². The third kappa shape index (κ3) is 2.53. The maximum absolute atomic E-state index is 2.41. The summed E-state index contributed by atoms with van der Waals surface area (Å²) in [6, 6.07) is 22.1. The van der Waals surface area contributed by atoms with Crippen LogP contribution in [0, 0.1) is 0 Å². The minimum Gasteiger partial charge on any atom is -0.360 e. The molecule has 0 radical (unpaired) electrons. The van der Waals surface area contributed by atoms with Crippen LogP contribution < -0.4 is 0 Å². The molecular weight excluding hydrogens is 242 g/mol. The Hall–Kier alpha value is -2.28. The Morgan fingerprint density at radius 3 is 1.85 bits per heavy atom. The van der Waals surface area contributed by atoms with E-state index in [0.717, 1.165) is 0 Å². The lowest BCUT2D eigenvalue weighted by atomic mass is 9.95. The monoisotopic (exact) mass is 261 g/mol. The Labute approximate surface area is 120 Å². The van der Waals surface area contributed by atoms with Crippen molar-refractivity contribution in [2.24, 2.45) is 0 Å². The van der Waals surface area contributed by atoms with Gasteiger partial charge in [0.05, 0.1) is 6.04 Å². The van der Waals surface area contributed by atoms with E-state index in [9.17, 15) is 0 Å². The highest BCUT2D eigenvalue weighted by Gasteiger charge is 2.23. The zero-order chi connectivity index (χ0) is 13.8. The summed E-state index contributed by atoms with van der Waals surface area (Å²) < 4.78 is 0. The van der Waals surface area contributed by atoms with Gasteiger partial charge < -0.3 is 4.90 Å². The molecule has 1 aliphatic heterocycles. The van der Waals surface area contributed by atoms with Crippen molar-refractivity contribution in [3.63, 3.8) is 0 Å². The first-order chi connectivity index (χ1) is 9.86. The Morgan fingerprint density at radius 1 is 0.800 bits per heavy atom. The Morgan fingerprint density at radius 2 is 1.35 bits per heavy atom. The molecule has 0 saturated carbocycles. The van der Waals surface area contributed by atoms with Crippen molar-refractivity contribution in [2.45, 2.75) is 19.0 Å². The van der Waals surface area contributed by atoms with Crippen LogP contribution in [0.1, 0.15) is 24.1 Å². The van der Waals surface area contributed by atoms with Crippen molar-refractivity contribution < 1.29 is 0 Å². The van der Waals surface area contributed by atoms with Crippen LogP contribution in [0.5, 0.6) is 0 Å². The van der Waals surface area contributed by atoms with Gasteiger partial charge in [-0.1, -0.05) is 72.8 Å². The lowest BCUT2D eigenvalue weighted by Crippen LogP contribution is -2.32. The molecule has 20 heavy (non-hydrogen) atoms. The zero-order valence-electron chi connectivity index (χ0n) is 11.7. The van der Waals surface area contributed by atoms with Crippen molar-refractivity contribution in [3.05, 3.63) is 96.2 Å². The second-order valence-corrected chi connectivity index (χ2v) is 5.14. The summed E-state index contributed by atoms with van der Waals surface area (Å²) >= 11 is 0. The van der Waals surface area contributed by atoms with Gasteiger partial charge in [-0.2, -0.15) is 0 Å². The molecule has 1 unspecified atom stereocenters. The van der Waals surface area contributed by atoms with Crippen LogP contribution in [0.25, 0.3) is 0 Å². The summed E-state index contributed by atoms with van der Waals surface area (Å²) in [4.78, 5) is 2.41. The van der Waals surface area contributed by atoms with Crippen molar-refractivity contribution in [3.8, 4) is 0 Å². The molecule has 0 aliphatic carbocycles. The van der Waals surface area contributed by atoms with Gasteiger partial charge in [0, 0.05) is 12.2 Å². The molecule has 2 aromatic rings. The summed E-state index contributed by atoms with van der Waals surface area (Å²) in [6.07, 6.45) is 8.65. The Bertz CT molecular complexity index is 559. The van der Waals surface area contributed by atoms with Crippen molar-refractivity contribution in [2.75, 3.05) is 0 Å². The standard InChI is InChI=1S/C19H19N/c1-16-10-8-9-15-20(16)19(17-11-4-2-5-12-17)18-13-6-3-7-14-18/h2-16,19H,1H3. The van der Waals surface area contributed by atoms with Crippen molar-refractivity contribution in [1.29, 1.82) is 0 Å². The normalized spacial score (nSPS) is 17.7. The molecule has 1 heteroatoms. The fourth-order valence-corrected chi connectivity index (χ4v) is 2.74. The van der Waals surface area contributed by atoms with E-state index in [1.807, 2.05) is 0 Å². The lowest BCUT2D eigenvalue weighted by Gasteiger charge is -2.36.